The number of aryl methyl sites for hydroxylation is 2. The molecule has 26 heavy (non-hydrogen) atoms. The van der Waals surface area contributed by atoms with E-state index in [-0.39, 0.29) is 21.5 Å². The number of rotatable bonds is 4. The number of benzene rings is 2. The van der Waals surface area contributed by atoms with Crippen molar-refractivity contribution >= 4 is 46.1 Å². The number of nitrogens with one attached hydrogen (secondary N) is 2. The topological polar surface area (TPSA) is 58.2 Å². The van der Waals surface area contributed by atoms with Crippen molar-refractivity contribution in [1.29, 1.82) is 0 Å². The molecule has 2 aromatic carbocycles. The van der Waals surface area contributed by atoms with Crippen molar-refractivity contribution in [3.05, 3.63) is 81.1 Å². The molecule has 2 aromatic rings. The van der Waals surface area contributed by atoms with E-state index in [2.05, 4.69) is 10.6 Å². The lowest BCUT2D eigenvalue weighted by Gasteiger charge is -2.21. The quantitative estimate of drug-likeness (QED) is 0.735. The van der Waals surface area contributed by atoms with Crippen LogP contribution in [0, 0.1) is 13.8 Å². The molecule has 0 heterocycles. The number of ketones is 2. The third-order valence-electron chi connectivity index (χ3n) is 4.10. The SMILES string of the molecule is Cc1ccccc1NC1=C(Cl)C(=O)C(Nc2ccccc2C)=C(Cl)C1=O. The van der Waals surface area contributed by atoms with Crippen molar-refractivity contribution in [2.24, 2.45) is 0 Å². The first kappa shape index (κ1) is 18.2. The zero-order valence-corrected chi connectivity index (χ0v) is 15.7. The van der Waals surface area contributed by atoms with E-state index in [9.17, 15) is 9.59 Å². The summed E-state index contributed by atoms with van der Waals surface area (Å²) in [6.45, 7) is 3.77. The Morgan fingerprint density at radius 1 is 0.654 bits per heavy atom. The Labute approximate surface area is 161 Å². The molecular formula is C20H16Cl2N2O2. The predicted molar refractivity (Wildman–Crippen MR) is 105 cm³/mol. The van der Waals surface area contributed by atoms with E-state index in [0.29, 0.717) is 11.4 Å². The molecule has 1 aliphatic carbocycles. The van der Waals surface area contributed by atoms with Crippen LogP contribution in [0.5, 0.6) is 0 Å². The van der Waals surface area contributed by atoms with Gasteiger partial charge in [-0.2, -0.15) is 0 Å². The lowest BCUT2D eigenvalue weighted by atomic mass is 10.0. The average Bonchev–Trinajstić information content (AvgIpc) is 2.63. The minimum absolute atomic E-state index is 0.0219. The number of carbonyl (C=O) groups is 2. The Balaban J connectivity index is 1.95. The normalized spacial score (nSPS) is 14.8. The van der Waals surface area contributed by atoms with Crippen molar-refractivity contribution in [2.75, 3.05) is 10.6 Å². The molecule has 132 valence electrons. The second-order valence-corrected chi connectivity index (χ2v) is 6.67. The number of Topliss-reactive ketones (excluding diaryl/α,β-unsaturated/α-hetero) is 2. The molecule has 0 aromatic heterocycles. The summed E-state index contributed by atoms with van der Waals surface area (Å²) >= 11 is 12.4. The maximum Gasteiger partial charge on any atom is 0.224 e. The lowest BCUT2D eigenvalue weighted by Crippen LogP contribution is -2.27. The maximum absolute atomic E-state index is 12.7. The largest absolute Gasteiger partial charge is 0.351 e. The molecule has 0 amide bonds. The maximum atomic E-state index is 12.7. The molecule has 6 heteroatoms. The van der Waals surface area contributed by atoms with E-state index in [4.69, 9.17) is 23.2 Å². The fraction of sp³-hybridized carbons (Fsp3) is 0.100. The molecular weight excluding hydrogens is 371 g/mol. The van der Waals surface area contributed by atoms with Crippen LogP contribution in [0.4, 0.5) is 11.4 Å². The van der Waals surface area contributed by atoms with Crippen LogP contribution >= 0.6 is 23.2 Å². The molecule has 0 aliphatic heterocycles. The molecule has 0 fully saturated rings. The van der Waals surface area contributed by atoms with Gasteiger partial charge in [0.15, 0.2) is 0 Å². The van der Waals surface area contributed by atoms with Crippen LogP contribution in [0.25, 0.3) is 0 Å². The van der Waals surface area contributed by atoms with E-state index in [1.165, 1.54) is 0 Å². The summed E-state index contributed by atoms with van der Waals surface area (Å²) < 4.78 is 0. The molecule has 0 atom stereocenters. The van der Waals surface area contributed by atoms with Crippen molar-refractivity contribution in [3.63, 3.8) is 0 Å². The molecule has 0 radical (unpaired) electrons. The highest BCUT2D eigenvalue weighted by molar-refractivity contribution is 6.56. The van der Waals surface area contributed by atoms with Crippen molar-refractivity contribution in [2.45, 2.75) is 13.8 Å². The molecule has 0 spiro atoms. The Hall–Kier alpha value is -2.56. The number of hydrogen-bond acceptors (Lipinski definition) is 4. The van der Waals surface area contributed by atoms with Crippen molar-refractivity contribution in [1.82, 2.24) is 0 Å². The minimum Gasteiger partial charge on any atom is -0.351 e. The van der Waals surface area contributed by atoms with Gasteiger partial charge in [0.2, 0.25) is 11.6 Å². The van der Waals surface area contributed by atoms with E-state index in [1.54, 1.807) is 12.1 Å². The number of hydrogen-bond donors (Lipinski definition) is 2. The van der Waals surface area contributed by atoms with E-state index < -0.39 is 11.6 Å². The summed E-state index contributed by atoms with van der Waals surface area (Å²) in [5.74, 6) is -1.06. The van der Waals surface area contributed by atoms with Gasteiger partial charge in [-0.25, -0.2) is 0 Å². The Bertz CT molecular complexity index is 898. The summed E-state index contributed by atoms with van der Waals surface area (Å²) in [4.78, 5) is 25.4. The van der Waals surface area contributed by atoms with E-state index in [0.717, 1.165) is 11.1 Å². The Morgan fingerprint density at radius 2 is 1.00 bits per heavy atom. The summed E-state index contributed by atoms with van der Waals surface area (Å²) in [5.41, 5.74) is 3.14. The zero-order valence-electron chi connectivity index (χ0n) is 14.2. The second-order valence-electron chi connectivity index (χ2n) is 5.92. The second kappa shape index (κ2) is 7.36. The van der Waals surface area contributed by atoms with Gasteiger partial charge in [0.1, 0.15) is 21.5 Å². The molecule has 2 N–H and O–H groups in total. The summed E-state index contributed by atoms with van der Waals surface area (Å²) in [7, 11) is 0. The van der Waals surface area contributed by atoms with Gasteiger partial charge in [0, 0.05) is 11.4 Å². The number of carbonyl (C=O) groups excluding carboxylic acids is 2. The lowest BCUT2D eigenvalue weighted by molar-refractivity contribution is -0.115. The van der Waals surface area contributed by atoms with E-state index in [1.807, 2.05) is 50.2 Å². The van der Waals surface area contributed by atoms with Crippen LogP contribution < -0.4 is 10.6 Å². The molecule has 3 rings (SSSR count). The molecule has 4 nitrogen and oxygen atoms in total. The monoisotopic (exact) mass is 386 g/mol. The summed E-state index contributed by atoms with van der Waals surface area (Å²) in [6.07, 6.45) is 0. The molecule has 0 saturated heterocycles. The molecule has 0 saturated carbocycles. The van der Waals surface area contributed by atoms with Crippen LogP contribution in [-0.2, 0) is 9.59 Å². The standard InChI is InChI=1S/C20H16Cl2N2O2/c1-11-7-3-5-9-13(11)23-17-15(21)20(26)18(16(22)19(17)25)24-14-10-6-4-8-12(14)2/h3-10,23-24H,1-2H3. The third-order valence-corrected chi connectivity index (χ3v) is 4.82. The predicted octanol–water partition coefficient (Wildman–Crippen LogP) is 4.88. The van der Waals surface area contributed by atoms with Gasteiger partial charge in [0.25, 0.3) is 0 Å². The third kappa shape index (κ3) is 3.39. The smallest absolute Gasteiger partial charge is 0.224 e. The highest BCUT2D eigenvalue weighted by atomic mass is 35.5. The fourth-order valence-corrected chi connectivity index (χ4v) is 3.02. The van der Waals surface area contributed by atoms with Gasteiger partial charge in [0.05, 0.1) is 0 Å². The average molecular weight is 387 g/mol. The van der Waals surface area contributed by atoms with Crippen LogP contribution in [0.2, 0.25) is 0 Å². The van der Waals surface area contributed by atoms with Gasteiger partial charge < -0.3 is 10.6 Å². The summed E-state index contributed by atoms with van der Waals surface area (Å²) in [6, 6.07) is 14.8. The van der Waals surface area contributed by atoms with Gasteiger partial charge in [-0.1, -0.05) is 59.6 Å². The highest BCUT2D eigenvalue weighted by Crippen LogP contribution is 2.32. The molecule has 1 aliphatic rings. The van der Waals surface area contributed by atoms with Crippen LogP contribution in [0.3, 0.4) is 0 Å². The first-order valence-electron chi connectivity index (χ1n) is 7.94. The van der Waals surface area contributed by atoms with Crippen LogP contribution in [-0.4, -0.2) is 11.6 Å². The summed E-state index contributed by atoms with van der Waals surface area (Å²) in [5, 5.41) is 5.48. The van der Waals surface area contributed by atoms with E-state index >= 15 is 0 Å². The zero-order chi connectivity index (χ0) is 18.8. The van der Waals surface area contributed by atoms with Crippen LogP contribution in [0.1, 0.15) is 11.1 Å². The minimum atomic E-state index is -0.532. The van der Waals surface area contributed by atoms with Gasteiger partial charge in [-0.3, -0.25) is 9.59 Å². The number of allylic oxidation sites excluding steroid dienone is 2. The van der Waals surface area contributed by atoms with Crippen LogP contribution in [0.15, 0.2) is 70.0 Å². The van der Waals surface area contributed by atoms with Crippen molar-refractivity contribution in [3.8, 4) is 0 Å². The van der Waals surface area contributed by atoms with Crippen molar-refractivity contribution < 1.29 is 9.59 Å². The highest BCUT2D eigenvalue weighted by Gasteiger charge is 2.34. The molecule has 0 unspecified atom stereocenters. The first-order valence-corrected chi connectivity index (χ1v) is 8.70. The number of anilines is 2. The molecule has 0 bridgehead atoms. The van der Waals surface area contributed by atoms with Gasteiger partial charge >= 0.3 is 0 Å². The Kier molecular flexibility index (Phi) is 5.16. The van der Waals surface area contributed by atoms with Gasteiger partial charge in [-0.05, 0) is 37.1 Å². The Morgan fingerprint density at radius 3 is 1.35 bits per heavy atom. The fourth-order valence-electron chi connectivity index (χ4n) is 2.56. The number of halogens is 2. The van der Waals surface area contributed by atoms with Gasteiger partial charge in [-0.15, -0.1) is 0 Å². The number of para-hydroxylation sites is 2. The first-order chi connectivity index (χ1) is 12.4.